The average molecular weight is 454 g/mol. The first kappa shape index (κ1) is 21.7. The number of piperidine rings is 2. The van der Waals surface area contributed by atoms with Gasteiger partial charge in [0.25, 0.3) is 0 Å². The molecule has 1 aromatic rings. The molecule has 0 atom stereocenters. The summed E-state index contributed by atoms with van der Waals surface area (Å²) in [6.07, 6.45) is 4.63. The Kier molecular flexibility index (Phi) is 7.10. The molecule has 10 heteroatoms. The molecule has 2 aliphatic heterocycles. The van der Waals surface area contributed by atoms with Crippen LogP contribution in [0, 0.1) is 24.6 Å². The molecule has 1 amide bonds. The van der Waals surface area contributed by atoms with Crippen LogP contribution in [0.1, 0.15) is 31.5 Å². The van der Waals surface area contributed by atoms with Crippen molar-refractivity contribution < 1.29 is 13.9 Å². The van der Waals surface area contributed by atoms with E-state index in [9.17, 15) is 9.18 Å². The number of halogens is 4. The largest absolute Gasteiger partial charge is 0.445 e. The number of ether oxygens (including phenoxy) is 1. The van der Waals surface area contributed by atoms with Crippen molar-refractivity contribution in [3.05, 3.63) is 17.8 Å². The highest BCUT2D eigenvalue weighted by Crippen LogP contribution is 2.34. The molecular weight excluding hydrogens is 430 g/mol. The molecule has 0 N–H and O–H groups in total. The summed E-state index contributed by atoms with van der Waals surface area (Å²) in [5.74, 6) is 1.73. The Morgan fingerprint density at radius 3 is 2.32 bits per heavy atom. The molecule has 0 aliphatic carbocycles. The van der Waals surface area contributed by atoms with Crippen LogP contribution >= 0.6 is 34.8 Å². The standard InChI is InChI=1S/C18H24Cl3FN4O2/c1-12-23-10-15(22)16(24-12)25-6-2-13(3-7-25)14-4-8-26(9-5-14)17(27)28-11-18(19,20)21/h10,13-14H,2-9,11H2,1H3. The fourth-order valence-electron chi connectivity index (χ4n) is 4.04. The molecule has 3 rings (SSSR count). The maximum Gasteiger partial charge on any atom is 0.409 e. The summed E-state index contributed by atoms with van der Waals surface area (Å²) in [7, 11) is 0. The summed E-state index contributed by atoms with van der Waals surface area (Å²) in [5.41, 5.74) is 0. The first-order valence-corrected chi connectivity index (χ1v) is 10.6. The van der Waals surface area contributed by atoms with E-state index in [1.54, 1.807) is 11.8 Å². The van der Waals surface area contributed by atoms with Gasteiger partial charge in [0.1, 0.15) is 12.4 Å². The van der Waals surface area contributed by atoms with E-state index in [1.807, 2.05) is 4.90 Å². The number of alkyl halides is 3. The van der Waals surface area contributed by atoms with Gasteiger partial charge in [0, 0.05) is 26.2 Å². The van der Waals surface area contributed by atoms with Crippen molar-refractivity contribution in [2.75, 3.05) is 37.7 Å². The lowest BCUT2D eigenvalue weighted by atomic mass is 9.79. The second-order valence-corrected chi connectivity index (χ2v) is 9.92. The van der Waals surface area contributed by atoms with Crippen molar-refractivity contribution in [3.8, 4) is 0 Å². The lowest BCUT2D eigenvalue weighted by Gasteiger charge is -2.40. The highest BCUT2D eigenvalue weighted by molar-refractivity contribution is 6.67. The molecule has 2 fully saturated rings. The summed E-state index contributed by atoms with van der Waals surface area (Å²) in [5, 5.41) is 0. The Balaban J connectivity index is 1.45. The molecular formula is C18H24Cl3FN4O2. The van der Waals surface area contributed by atoms with E-state index in [0.29, 0.717) is 36.6 Å². The quantitative estimate of drug-likeness (QED) is 0.637. The van der Waals surface area contributed by atoms with Crippen LogP contribution in [-0.4, -0.2) is 57.5 Å². The molecule has 0 unspecified atom stereocenters. The Bertz CT molecular complexity index is 688. The summed E-state index contributed by atoms with van der Waals surface area (Å²) in [6, 6.07) is 0. The molecule has 0 bridgehead atoms. The molecule has 28 heavy (non-hydrogen) atoms. The van der Waals surface area contributed by atoms with E-state index >= 15 is 0 Å². The van der Waals surface area contributed by atoms with Gasteiger partial charge in [-0.15, -0.1) is 0 Å². The second kappa shape index (κ2) is 9.18. The molecule has 0 spiro atoms. The number of nitrogens with zero attached hydrogens (tertiary/aromatic N) is 4. The fraction of sp³-hybridized carbons (Fsp3) is 0.722. The summed E-state index contributed by atoms with van der Waals surface area (Å²) < 4.78 is 17.5. The van der Waals surface area contributed by atoms with Gasteiger partial charge in [0.2, 0.25) is 3.79 Å². The van der Waals surface area contributed by atoms with E-state index in [-0.39, 0.29) is 12.4 Å². The van der Waals surface area contributed by atoms with Crippen molar-refractivity contribution in [1.82, 2.24) is 14.9 Å². The van der Waals surface area contributed by atoms with Gasteiger partial charge in [0.05, 0.1) is 6.20 Å². The maximum atomic E-state index is 14.0. The highest BCUT2D eigenvalue weighted by atomic mass is 35.6. The Labute approximate surface area is 179 Å². The van der Waals surface area contributed by atoms with E-state index in [4.69, 9.17) is 39.5 Å². The normalized spacial score (nSPS) is 19.8. The number of amides is 1. The van der Waals surface area contributed by atoms with Crippen molar-refractivity contribution in [1.29, 1.82) is 0 Å². The molecule has 156 valence electrons. The van der Waals surface area contributed by atoms with Gasteiger partial charge in [-0.05, 0) is 44.4 Å². The predicted molar refractivity (Wildman–Crippen MR) is 108 cm³/mol. The molecule has 0 aromatic carbocycles. The number of hydrogen-bond donors (Lipinski definition) is 0. The van der Waals surface area contributed by atoms with Gasteiger partial charge in [0.15, 0.2) is 11.6 Å². The van der Waals surface area contributed by atoms with E-state index in [2.05, 4.69) is 9.97 Å². The van der Waals surface area contributed by atoms with E-state index in [1.165, 1.54) is 6.20 Å². The van der Waals surface area contributed by atoms with Crippen LogP contribution in [0.4, 0.5) is 15.0 Å². The summed E-state index contributed by atoms with van der Waals surface area (Å²) in [4.78, 5) is 23.9. The van der Waals surface area contributed by atoms with Gasteiger partial charge < -0.3 is 14.5 Å². The van der Waals surface area contributed by atoms with E-state index < -0.39 is 9.89 Å². The molecule has 2 aliphatic rings. The number of aryl methyl sites for hydroxylation is 1. The Morgan fingerprint density at radius 2 is 1.75 bits per heavy atom. The van der Waals surface area contributed by atoms with Crippen LogP contribution < -0.4 is 4.90 Å². The zero-order valence-corrected chi connectivity index (χ0v) is 18.0. The summed E-state index contributed by atoms with van der Waals surface area (Å²) >= 11 is 16.8. The van der Waals surface area contributed by atoms with Gasteiger partial charge in [-0.2, -0.15) is 0 Å². The lowest BCUT2D eigenvalue weighted by molar-refractivity contribution is 0.0790. The third-order valence-corrected chi connectivity index (χ3v) is 5.84. The third kappa shape index (κ3) is 5.74. The van der Waals surface area contributed by atoms with Crippen molar-refractivity contribution in [2.45, 2.75) is 36.4 Å². The minimum Gasteiger partial charge on any atom is -0.445 e. The topological polar surface area (TPSA) is 58.6 Å². The third-order valence-electron chi connectivity index (χ3n) is 5.51. The fourth-order valence-corrected chi connectivity index (χ4v) is 4.20. The molecule has 2 saturated heterocycles. The number of rotatable bonds is 3. The first-order chi connectivity index (χ1) is 13.2. The minimum absolute atomic E-state index is 0.256. The number of likely N-dealkylation sites (tertiary alicyclic amines) is 1. The zero-order chi connectivity index (χ0) is 20.3. The van der Waals surface area contributed by atoms with Crippen LogP contribution in [0.3, 0.4) is 0 Å². The monoisotopic (exact) mass is 452 g/mol. The SMILES string of the molecule is Cc1ncc(F)c(N2CCC(C3CCN(C(=O)OCC(Cl)(Cl)Cl)CC3)CC2)n1. The number of carbonyl (C=O) groups is 1. The van der Waals surface area contributed by atoms with Crippen LogP contribution in [0.15, 0.2) is 6.20 Å². The number of anilines is 1. The zero-order valence-electron chi connectivity index (χ0n) is 15.7. The van der Waals surface area contributed by atoms with Gasteiger partial charge in [-0.1, -0.05) is 34.8 Å². The Morgan fingerprint density at radius 1 is 1.18 bits per heavy atom. The van der Waals surface area contributed by atoms with Gasteiger partial charge in [-0.3, -0.25) is 0 Å². The van der Waals surface area contributed by atoms with Crippen molar-refractivity contribution >= 4 is 46.7 Å². The van der Waals surface area contributed by atoms with Gasteiger partial charge in [-0.25, -0.2) is 19.2 Å². The molecule has 0 radical (unpaired) electrons. The highest BCUT2D eigenvalue weighted by Gasteiger charge is 2.33. The number of hydrogen-bond acceptors (Lipinski definition) is 5. The number of carbonyl (C=O) groups excluding carboxylic acids is 1. The molecule has 0 saturated carbocycles. The molecule has 6 nitrogen and oxygen atoms in total. The number of aromatic nitrogens is 2. The van der Waals surface area contributed by atoms with Crippen LogP contribution in [-0.2, 0) is 4.74 Å². The van der Waals surface area contributed by atoms with Gasteiger partial charge >= 0.3 is 6.09 Å². The van der Waals surface area contributed by atoms with Crippen LogP contribution in [0.25, 0.3) is 0 Å². The van der Waals surface area contributed by atoms with E-state index in [0.717, 1.165) is 38.8 Å². The Hall–Kier alpha value is -1.05. The summed E-state index contributed by atoms with van der Waals surface area (Å²) in [6.45, 7) is 4.36. The minimum atomic E-state index is -1.59. The predicted octanol–water partition coefficient (Wildman–Crippen LogP) is 4.36. The lowest BCUT2D eigenvalue weighted by Crippen LogP contribution is -2.43. The first-order valence-electron chi connectivity index (χ1n) is 9.45. The van der Waals surface area contributed by atoms with Crippen molar-refractivity contribution in [2.24, 2.45) is 11.8 Å². The van der Waals surface area contributed by atoms with Crippen LogP contribution in [0.5, 0.6) is 0 Å². The molecule has 3 heterocycles. The smallest absolute Gasteiger partial charge is 0.409 e. The molecule has 1 aromatic heterocycles. The average Bonchev–Trinajstić information content (AvgIpc) is 2.68. The maximum absolute atomic E-state index is 14.0. The van der Waals surface area contributed by atoms with Crippen LogP contribution in [0.2, 0.25) is 0 Å². The van der Waals surface area contributed by atoms with Crippen molar-refractivity contribution in [3.63, 3.8) is 0 Å². The second-order valence-electron chi connectivity index (χ2n) is 7.41.